The fourth-order valence-corrected chi connectivity index (χ4v) is 1.40. The summed E-state index contributed by atoms with van der Waals surface area (Å²) in [5, 5.41) is 7.27. The Kier molecular flexibility index (Phi) is 3.76. The number of anilines is 2. The number of carbonyl (C=O) groups is 1. The monoisotopic (exact) mass is 225 g/mol. The van der Waals surface area contributed by atoms with Gasteiger partial charge in [0.1, 0.15) is 11.9 Å². The van der Waals surface area contributed by atoms with Crippen LogP contribution < -0.4 is 16.8 Å². The predicted molar refractivity (Wildman–Crippen MR) is 63.9 cm³/mol. The van der Waals surface area contributed by atoms with E-state index in [-0.39, 0.29) is 0 Å². The number of primary amides is 1. The van der Waals surface area contributed by atoms with E-state index in [1.165, 1.54) is 0 Å². The van der Waals surface area contributed by atoms with Gasteiger partial charge in [-0.05, 0) is 20.3 Å². The molecule has 1 aromatic heterocycles. The summed E-state index contributed by atoms with van der Waals surface area (Å²) < 4.78 is 1.77. The van der Waals surface area contributed by atoms with Gasteiger partial charge in [-0.2, -0.15) is 5.10 Å². The van der Waals surface area contributed by atoms with Crippen molar-refractivity contribution in [2.24, 2.45) is 5.73 Å². The number of hydrogen-bond donors (Lipinski definition) is 3. The molecule has 90 valence electrons. The maximum absolute atomic E-state index is 11.0. The highest BCUT2D eigenvalue weighted by molar-refractivity contribution is 5.83. The third-order valence-electron chi connectivity index (χ3n) is 2.39. The lowest BCUT2D eigenvalue weighted by Gasteiger charge is -2.13. The Hall–Kier alpha value is -1.72. The molecule has 1 atom stereocenters. The van der Waals surface area contributed by atoms with E-state index in [2.05, 4.69) is 17.3 Å². The van der Waals surface area contributed by atoms with Crippen LogP contribution in [0.1, 0.15) is 26.0 Å². The number of nitrogens with zero attached hydrogens (tertiary/aromatic N) is 2. The Balaban J connectivity index is 2.96. The molecule has 0 fully saturated rings. The minimum Gasteiger partial charge on any atom is -0.394 e. The van der Waals surface area contributed by atoms with Crippen molar-refractivity contribution in [3.05, 3.63) is 5.69 Å². The molecule has 1 rings (SSSR count). The van der Waals surface area contributed by atoms with Gasteiger partial charge in [-0.25, -0.2) is 4.68 Å². The molecule has 1 heterocycles. The number of aromatic nitrogens is 2. The summed E-state index contributed by atoms with van der Waals surface area (Å²) in [5.74, 6) is 0.256. The first-order chi connectivity index (χ1) is 7.47. The van der Waals surface area contributed by atoms with Crippen LogP contribution >= 0.6 is 0 Å². The number of amides is 1. The van der Waals surface area contributed by atoms with Crippen LogP contribution in [-0.2, 0) is 11.3 Å². The second-order valence-electron chi connectivity index (χ2n) is 3.84. The van der Waals surface area contributed by atoms with Gasteiger partial charge in [-0.1, -0.05) is 6.92 Å². The van der Waals surface area contributed by atoms with Crippen LogP contribution in [0.5, 0.6) is 0 Å². The summed E-state index contributed by atoms with van der Waals surface area (Å²) >= 11 is 0. The van der Waals surface area contributed by atoms with Crippen LogP contribution in [0, 0.1) is 6.92 Å². The van der Waals surface area contributed by atoms with Gasteiger partial charge < -0.3 is 16.8 Å². The zero-order valence-corrected chi connectivity index (χ0v) is 9.95. The summed E-state index contributed by atoms with van der Waals surface area (Å²) in [6.07, 6.45) is 0.945. The van der Waals surface area contributed by atoms with Crippen molar-refractivity contribution in [3.63, 3.8) is 0 Å². The summed E-state index contributed by atoms with van der Waals surface area (Å²) in [6, 6.07) is -0.464. The van der Waals surface area contributed by atoms with E-state index in [0.29, 0.717) is 11.5 Å². The van der Waals surface area contributed by atoms with Crippen LogP contribution in [0.2, 0.25) is 0 Å². The molecular weight excluding hydrogens is 206 g/mol. The molecule has 0 aromatic carbocycles. The Morgan fingerprint density at radius 1 is 1.62 bits per heavy atom. The van der Waals surface area contributed by atoms with Gasteiger partial charge in [-0.15, -0.1) is 0 Å². The van der Waals surface area contributed by atoms with Crippen LogP contribution in [0.3, 0.4) is 0 Å². The Labute approximate surface area is 95.0 Å². The molecular formula is C10H19N5O. The molecule has 0 spiro atoms. The van der Waals surface area contributed by atoms with E-state index in [1.807, 2.05) is 6.92 Å². The molecule has 0 aliphatic carbocycles. The molecule has 6 heteroatoms. The predicted octanol–water partition coefficient (Wildman–Crippen LogP) is 0.469. The van der Waals surface area contributed by atoms with Gasteiger partial charge in [0.05, 0.1) is 11.4 Å². The lowest BCUT2D eigenvalue weighted by Crippen LogP contribution is -2.33. The summed E-state index contributed by atoms with van der Waals surface area (Å²) in [7, 11) is 0. The highest BCUT2D eigenvalue weighted by atomic mass is 16.1. The summed E-state index contributed by atoms with van der Waals surface area (Å²) in [4.78, 5) is 11.0. The molecule has 0 radical (unpaired) electrons. The first kappa shape index (κ1) is 12.4. The number of rotatable bonds is 5. The number of nitrogens with two attached hydrogens (primary N) is 2. The van der Waals surface area contributed by atoms with Gasteiger partial charge in [0.25, 0.3) is 0 Å². The van der Waals surface area contributed by atoms with Crippen LogP contribution in [0.15, 0.2) is 0 Å². The van der Waals surface area contributed by atoms with Gasteiger partial charge in [0.2, 0.25) is 5.91 Å². The number of nitrogens with one attached hydrogen (secondary N) is 1. The lowest BCUT2D eigenvalue weighted by molar-refractivity contribution is -0.118. The fourth-order valence-electron chi connectivity index (χ4n) is 1.40. The van der Waals surface area contributed by atoms with E-state index in [1.54, 1.807) is 11.6 Å². The molecule has 0 aliphatic heterocycles. The van der Waals surface area contributed by atoms with Crippen LogP contribution in [0.25, 0.3) is 0 Å². The zero-order chi connectivity index (χ0) is 12.3. The molecule has 0 saturated heterocycles. The average Bonchev–Trinajstić information content (AvgIpc) is 2.46. The standard InChI is InChI=1S/C10H19N5O/c1-4-5-15-10(8(11)6(2)14-15)13-7(3)9(12)16/h7,13H,4-5,11H2,1-3H3,(H2,12,16). The van der Waals surface area contributed by atoms with Crippen molar-refractivity contribution in [2.45, 2.75) is 39.8 Å². The molecule has 5 N–H and O–H groups in total. The summed E-state index contributed by atoms with van der Waals surface area (Å²) in [5.41, 5.74) is 12.4. The van der Waals surface area contributed by atoms with E-state index in [0.717, 1.165) is 18.7 Å². The van der Waals surface area contributed by atoms with E-state index in [9.17, 15) is 4.79 Å². The molecule has 0 bridgehead atoms. The largest absolute Gasteiger partial charge is 0.394 e. The number of carbonyl (C=O) groups excluding carboxylic acids is 1. The molecule has 16 heavy (non-hydrogen) atoms. The van der Waals surface area contributed by atoms with Gasteiger partial charge >= 0.3 is 0 Å². The SMILES string of the molecule is CCCn1nc(C)c(N)c1NC(C)C(N)=O. The first-order valence-corrected chi connectivity index (χ1v) is 5.36. The van der Waals surface area contributed by atoms with E-state index < -0.39 is 11.9 Å². The van der Waals surface area contributed by atoms with Crippen molar-refractivity contribution < 1.29 is 4.79 Å². The quantitative estimate of drug-likeness (QED) is 0.678. The van der Waals surface area contributed by atoms with Crippen molar-refractivity contribution in [2.75, 3.05) is 11.1 Å². The van der Waals surface area contributed by atoms with E-state index in [4.69, 9.17) is 11.5 Å². The zero-order valence-electron chi connectivity index (χ0n) is 9.95. The second kappa shape index (κ2) is 4.87. The van der Waals surface area contributed by atoms with Crippen molar-refractivity contribution in [1.29, 1.82) is 0 Å². The highest BCUT2D eigenvalue weighted by Gasteiger charge is 2.16. The smallest absolute Gasteiger partial charge is 0.239 e. The Morgan fingerprint density at radius 2 is 2.25 bits per heavy atom. The maximum Gasteiger partial charge on any atom is 0.239 e. The Morgan fingerprint density at radius 3 is 2.75 bits per heavy atom. The van der Waals surface area contributed by atoms with Crippen LogP contribution in [0.4, 0.5) is 11.5 Å². The second-order valence-corrected chi connectivity index (χ2v) is 3.84. The first-order valence-electron chi connectivity index (χ1n) is 5.36. The van der Waals surface area contributed by atoms with Gasteiger partial charge in [0.15, 0.2) is 0 Å². The minimum atomic E-state index is -0.464. The molecule has 0 aliphatic rings. The fraction of sp³-hybridized carbons (Fsp3) is 0.600. The molecule has 1 unspecified atom stereocenters. The van der Waals surface area contributed by atoms with Gasteiger partial charge in [-0.3, -0.25) is 4.79 Å². The molecule has 1 aromatic rings. The van der Waals surface area contributed by atoms with Crippen LogP contribution in [-0.4, -0.2) is 21.7 Å². The molecule has 0 saturated carbocycles. The third kappa shape index (κ3) is 2.44. The normalized spacial score (nSPS) is 12.4. The number of hydrogen-bond acceptors (Lipinski definition) is 4. The summed E-state index contributed by atoms with van der Waals surface area (Å²) in [6.45, 7) is 6.34. The van der Waals surface area contributed by atoms with Crippen molar-refractivity contribution in [3.8, 4) is 0 Å². The topological polar surface area (TPSA) is 99.0 Å². The van der Waals surface area contributed by atoms with Gasteiger partial charge in [0, 0.05) is 6.54 Å². The molecule has 1 amide bonds. The van der Waals surface area contributed by atoms with Crippen molar-refractivity contribution in [1.82, 2.24) is 9.78 Å². The van der Waals surface area contributed by atoms with E-state index >= 15 is 0 Å². The van der Waals surface area contributed by atoms with Crippen molar-refractivity contribution >= 4 is 17.4 Å². The number of aryl methyl sites for hydroxylation is 2. The lowest BCUT2D eigenvalue weighted by atomic mass is 10.3. The Bertz CT molecular complexity index is 385. The molecule has 6 nitrogen and oxygen atoms in total. The maximum atomic E-state index is 11.0. The third-order valence-corrected chi connectivity index (χ3v) is 2.39. The average molecular weight is 225 g/mol. The number of nitrogen functional groups attached to an aromatic ring is 1. The minimum absolute atomic E-state index is 0.415. The highest BCUT2D eigenvalue weighted by Crippen LogP contribution is 2.23.